The summed E-state index contributed by atoms with van der Waals surface area (Å²) in [6.07, 6.45) is 6.54. The lowest BCUT2D eigenvalue weighted by molar-refractivity contribution is 0.242. The molecular weight excluding hydrogens is 461 g/mol. The van der Waals surface area contributed by atoms with Crippen molar-refractivity contribution in [3.05, 3.63) is 35.4 Å². The normalized spacial score (nSPS) is 22.5. The third-order valence-corrected chi connectivity index (χ3v) is 5.71. The van der Waals surface area contributed by atoms with Crippen LogP contribution in [-0.2, 0) is 0 Å². The molecule has 2 atom stereocenters. The third-order valence-electron chi connectivity index (χ3n) is 5.71. The molecule has 1 aliphatic carbocycles. The molecule has 2 unspecified atom stereocenters. The Morgan fingerprint density at radius 2 is 1.96 bits per heavy atom. The average molecular weight is 492 g/mol. The summed E-state index contributed by atoms with van der Waals surface area (Å²) in [6, 6.07) is 5.28. The summed E-state index contributed by atoms with van der Waals surface area (Å²) in [5.41, 5.74) is 0.778. The topological polar surface area (TPSA) is 39.7 Å². The van der Waals surface area contributed by atoms with Gasteiger partial charge in [-0.3, -0.25) is 9.89 Å². The number of aliphatic imine (C=N–C) groups is 1. The van der Waals surface area contributed by atoms with Crippen molar-refractivity contribution < 1.29 is 8.78 Å². The Morgan fingerprint density at radius 1 is 1.22 bits per heavy atom. The van der Waals surface area contributed by atoms with Crippen LogP contribution in [0.15, 0.2) is 23.2 Å². The van der Waals surface area contributed by atoms with E-state index in [-0.39, 0.29) is 29.9 Å². The molecule has 2 fully saturated rings. The Bertz CT molecular complexity index is 634. The van der Waals surface area contributed by atoms with Gasteiger partial charge in [0.15, 0.2) is 17.6 Å². The van der Waals surface area contributed by atoms with Crippen molar-refractivity contribution in [2.24, 2.45) is 4.99 Å². The van der Waals surface area contributed by atoms with Gasteiger partial charge >= 0.3 is 0 Å². The van der Waals surface area contributed by atoms with Gasteiger partial charge in [-0.15, -0.1) is 24.0 Å². The molecule has 1 aromatic carbocycles. The number of nitrogens with zero attached hydrogens (tertiary/aromatic N) is 2. The number of likely N-dealkylation sites (tertiary alicyclic amines) is 1. The lowest BCUT2D eigenvalue weighted by atomic mass is 10.0. The number of halogens is 3. The SMILES string of the molecule is CN=C(NCC(C)c1ccc(F)c(F)c1)NC1CCN(C2CCCC2)C1.I. The molecule has 1 saturated carbocycles. The zero-order chi connectivity index (χ0) is 18.5. The van der Waals surface area contributed by atoms with Crippen molar-refractivity contribution in [2.75, 3.05) is 26.7 Å². The minimum Gasteiger partial charge on any atom is -0.356 e. The van der Waals surface area contributed by atoms with Crippen LogP contribution in [0, 0.1) is 11.6 Å². The van der Waals surface area contributed by atoms with E-state index in [1.807, 2.05) is 6.92 Å². The minimum atomic E-state index is -0.806. The van der Waals surface area contributed by atoms with Gasteiger partial charge in [0.1, 0.15) is 0 Å². The lowest BCUT2D eigenvalue weighted by Gasteiger charge is -2.24. The molecule has 0 bridgehead atoms. The largest absolute Gasteiger partial charge is 0.356 e. The van der Waals surface area contributed by atoms with Gasteiger partial charge in [-0.1, -0.05) is 25.8 Å². The van der Waals surface area contributed by atoms with E-state index in [2.05, 4.69) is 20.5 Å². The van der Waals surface area contributed by atoms with Gasteiger partial charge in [-0.25, -0.2) is 8.78 Å². The number of hydrogen-bond donors (Lipinski definition) is 2. The molecule has 0 amide bonds. The average Bonchev–Trinajstić information content (AvgIpc) is 3.32. The molecule has 0 spiro atoms. The van der Waals surface area contributed by atoms with Crippen molar-refractivity contribution in [3.63, 3.8) is 0 Å². The first-order valence-electron chi connectivity index (χ1n) is 9.73. The van der Waals surface area contributed by atoms with Gasteiger partial charge in [0.05, 0.1) is 0 Å². The van der Waals surface area contributed by atoms with E-state index in [0.29, 0.717) is 12.6 Å². The number of hydrogen-bond acceptors (Lipinski definition) is 2. The van der Waals surface area contributed by atoms with E-state index < -0.39 is 11.6 Å². The second-order valence-corrected chi connectivity index (χ2v) is 7.59. The van der Waals surface area contributed by atoms with E-state index in [1.54, 1.807) is 13.1 Å². The number of rotatable bonds is 5. The zero-order valence-corrected chi connectivity index (χ0v) is 18.5. The molecule has 0 aromatic heterocycles. The maximum absolute atomic E-state index is 13.4. The van der Waals surface area contributed by atoms with Crippen molar-refractivity contribution >= 4 is 29.9 Å². The Labute approximate surface area is 178 Å². The molecule has 0 radical (unpaired) electrons. The van der Waals surface area contributed by atoms with Gasteiger partial charge in [0.25, 0.3) is 0 Å². The molecule has 4 nitrogen and oxygen atoms in total. The molecule has 152 valence electrons. The highest BCUT2D eigenvalue weighted by atomic mass is 127. The fraction of sp³-hybridized carbons (Fsp3) is 0.650. The van der Waals surface area contributed by atoms with Crippen molar-refractivity contribution in [3.8, 4) is 0 Å². The quantitative estimate of drug-likeness (QED) is 0.373. The van der Waals surface area contributed by atoms with E-state index in [9.17, 15) is 8.78 Å². The molecule has 27 heavy (non-hydrogen) atoms. The molecule has 3 rings (SSSR count). The van der Waals surface area contributed by atoms with Crippen molar-refractivity contribution in [2.45, 2.75) is 57.0 Å². The van der Waals surface area contributed by atoms with Crippen molar-refractivity contribution in [1.29, 1.82) is 0 Å². The monoisotopic (exact) mass is 492 g/mol. The van der Waals surface area contributed by atoms with Crippen LogP contribution in [-0.4, -0.2) is 49.6 Å². The smallest absolute Gasteiger partial charge is 0.191 e. The summed E-state index contributed by atoms with van der Waals surface area (Å²) in [5, 5.41) is 6.83. The predicted molar refractivity (Wildman–Crippen MR) is 117 cm³/mol. The first-order chi connectivity index (χ1) is 12.6. The first-order valence-corrected chi connectivity index (χ1v) is 9.73. The van der Waals surface area contributed by atoms with Crippen LogP contribution < -0.4 is 10.6 Å². The molecule has 2 N–H and O–H groups in total. The third kappa shape index (κ3) is 6.01. The van der Waals surface area contributed by atoms with Crippen LogP contribution >= 0.6 is 24.0 Å². The van der Waals surface area contributed by atoms with Gasteiger partial charge in [-0.05, 0) is 42.9 Å². The van der Waals surface area contributed by atoms with Crippen LogP contribution in [0.4, 0.5) is 8.78 Å². The van der Waals surface area contributed by atoms with Crippen LogP contribution in [0.2, 0.25) is 0 Å². The Kier molecular flexibility index (Phi) is 8.72. The number of benzene rings is 1. The fourth-order valence-electron chi connectivity index (χ4n) is 4.08. The predicted octanol–water partition coefficient (Wildman–Crippen LogP) is 3.87. The second kappa shape index (κ2) is 10.5. The number of nitrogens with one attached hydrogen (secondary N) is 2. The molecule has 1 saturated heterocycles. The summed E-state index contributed by atoms with van der Waals surface area (Å²) in [6.45, 7) is 4.84. The van der Waals surface area contributed by atoms with Crippen LogP contribution in [0.3, 0.4) is 0 Å². The molecule has 7 heteroatoms. The van der Waals surface area contributed by atoms with Gasteiger partial charge in [-0.2, -0.15) is 0 Å². The minimum absolute atomic E-state index is 0. The Balaban J connectivity index is 0.00000261. The summed E-state index contributed by atoms with van der Waals surface area (Å²) < 4.78 is 26.5. The Hall–Kier alpha value is -0.960. The molecule has 1 heterocycles. The summed E-state index contributed by atoms with van der Waals surface area (Å²) >= 11 is 0. The highest BCUT2D eigenvalue weighted by Crippen LogP contribution is 2.26. The van der Waals surface area contributed by atoms with E-state index in [4.69, 9.17) is 0 Å². The highest BCUT2D eigenvalue weighted by molar-refractivity contribution is 14.0. The first kappa shape index (κ1) is 22.3. The standard InChI is InChI=1S/C20H30F2N4.HI/c1-14(15-7-8-18(21)19(22)11-15)12-24-20(23-2)25-16-9-10-26(13-16)17-5-3-4-6-17;/h7-8,11,14,16-17H,3-6,9-10,12-13H2,1-2H3,(H2,23,24,25);1H. The molecule has 1 aromatic rings. The second-order valence-electron chi connectivity index (χ2n) is 7.59. The maximum atomic E-state index is 13.4. The highest BCUT2D eigenvalue weighted by Gasteiger charge is 2.30. The van der Waals surface area contributed by atoms with E-state index in [0.717, 1.165) is 37.1 Å². The van der Waals surface area contributed by atoms with E-state index >= 15 is 0 Å². The summed E-state index contributed by atoms with van der Waals surface area (Å²) in [5.74, 6) is -0.769. The van der Waals surface area contributed by atoms with Gasteiger partial charge < -0.3 is 10.6 Å². The Morgan fingerprint density at radius 3 is 2.63 bits per heavy atom. The maximum Gasteiger partial charge on any atom is 0.191 e. The van der Waals surface area contributed by atoms with Crippen molar-refractivity contribution in [1.82, 2.24) is 15.5 Å². The molecule has 2 aliphatic rings. The van der Waals surface area contributed by atoms with Crippen LogP contribution in [0.25, 0.3) is 0 Å². The van der Waals surface area contributed by atoms with Crippen LogP contribution in [0.1, 0.15) is 50.5 Å². The van der Waals surface area contributed by atoms with Crippen LogP contribution in [0.5, 0.6) is 0 Å². The van der Waals surface area contributed by atoms with E-state index in [1.165, 1.54) is 37.8 Å². The lowest BCUT2D eigenvalue weighted by Crippen LogP contribution is -2.46. The fourth-order valence-corrected chi connectivity index (χ4v) is 4.08. The summed E-state index contributed by atoms with van der Waals surface area (Å²) in [7, 11) is 1.77. The van der Waals surface area contributed by atoms with Gasteiger partial charge in [0, 0.05) is 38.8 Å². The zero-order valence-electron chi connectivity index (χ0n) is 16.2. The molecule has 1 aliphatic heterocycles. The molecular formula is C20H31F2IN4. The summed E-state index contributed by atoms with van der Waals surface area (Å²) in [4.78, 5) is 6.93. The van der Waals surface area contributed by atoms with Gasteiger partial charge in [0.2, 0.25) is 0 Å². The number of guanidine groups is 1.